The minimum absolute atomic E-state index is 0.356. The average Bonchev–Trinajstić information content (AvgIpc) is 2.48. The van der Waals surface area contributed by atoms with Crippen LogP contribution in [0, 0.1) is 0 Å². The van der Waals surface area contributed by atoms with Crippen molar-refractivity contribution in [2.75, 3.05) is 20.1 Å². The first-order valence-corrected chi connectivity index (χ1v) is 3.91. The van der Waals surface area contributed by atoms with Crippen LogP contribution in [0.2, 0.25) is 0 Å². The van der Waals surface area contributed by atoms with Crippen molar-refractivity contribution in [3.05, 3.63) is 0 Å². The van der Waals surface area contributed by atoms with Crippen molar-refractivity contribution in [3.8, 4) is 0 Å². The third kappa shape index (κ3) is 2.20. The van der Waals surface area contributed by atoms with Gasteiger partial charge < -0.3 is 15.7 Å². The van der Waals surface area contributed by atoms with Gasteiger partial charge in [-0.15, -0.1) is 0 Å². The molecular weight excluding hydrogens is 158 g/mol. The summed E-state index contributed by atoms with van der Waals surface area (Å²) >= 11 is 0. The number of carboxylic acid groups (broad SMARTS) is 1. The Morgan fingerprint density at radius 1 is 1.92 bits per heavy atom. The van der Waals surface area contributed by atoms with Gasteiger partial charge in [0.1, 0.15) is 6.04 Å². The van der Waals surface area contributed by atoms with Crippen LogP contribution in [0.3, 0.4) is 0 Å². The molecule has 12 heavy (non-hydrogen) atoms. The summed E-state index contributed by atoms with van der Waals surface area (Å²) in [5.41, 5.74) is 0. The molecule has 0 radical (unpaired) electrons. The second-order valence-electron chi connectivity index (χ2n) is 2.68. The van der Waals surface area contributed by atoms with Crippen molar-refractivity contribution in [2.24, 2.45) is 4.99 Å². The van der Waals surface area contributed by atoms with Crippen molar-refractivity contribution < 1.29 is 9.90 Å². The number of hydrogen-bond donors (Lipinski definition) is 3. The number of rotatable bonds is 4. The second kappa shape index (κ2) is 4.06. The fraction of sp³-hybridized carbons (Fsp3) is 0.714. The summed E-state index contributed by atoms with van der Waals surface area (Å²) in [7, 11) is 1.85. The number of carboxylic acids is 1. The molecule has 68 valence electrons. The van der Waals surface area contributed by atoms with Gasteiger partial charge in [-0.05, 0) is 7.05 Å². The summed E-state index contributed by atoms with van der Waals surface area (Å²) in [6.45, 7) is 1.17. The maximum absolute atomic E-state index is 10.5. The number of aliphatic imine (C=N–C) groups is 1. The van der Waals surface area contributed by atoms with E-state index in [9.17, 15) is 4.79 Å². The summed E-state index contributed by atoms with van der Waals surface area (Å²) in [5, 5.41) is 14.4. The van der Waals surface area contributed by atoms with E-state index in [0.29, 0.717) is 6.54 Å². The van der Waals surface area contributed by atoms with Crippen LogP contribution in [0.4, 0.5) is 0 Å². The Kier molecular flexibility index (Phi) is 3.04. The smallest absolute Gasteiger partial charge is 0.328 e. The van der Waals surface area contributed by atoms with Gasteiger partial charge in [-0.1, -0.05) is 0 Å². The third-order valence-electron chi connectivity index (χ3n) is 1.72. The molecule has 0 aliphatic carbocycles. The summed E-state index contributed by atoms with van der Waals surface area (Å²) in [6.07, 6.45) is 0.764. The van der Waals surface area contributed by atoms with Crippen LogP contribution in [0.15, 0.2) is 4.99 Å². The highest BCUT2D eigenvalue weighted by molar-refractivity contribution is 5.90. The standard InChI is InChI=1S/C7H13N3O2/c1-8-3-2-6-9-4-5(10-6)7(11)12/h5,8H,2-4H2,1H3,(H,9,10)(H,11,12). The summed E-state index contributed by atoms with van der Waals surface area (Å²) in [5.74, 6) is -0.0463. The number of nitrogens with zero attached hydrogens (tertiary/aromatic N) is 1. The lowest BCUT2D eigenvalue weighted by Crippen LogP contribution is -2.37. The first kappa shape index (κ1) is 8.99. The molecule has 1 atom stereocenters. The maximum Gasteiger partial charge on any atom is 0.328 e. The van der Waals surface area contributed by atoms with E-state index in [2.05, 4.69) is 15.6 Å². The lowest BCUT2D eigenvalue weighted by atomic mass is 10.3. The van der Waals surface area contributed by atoms with Gasteiger partial charge in [0.05, 0.1) is 12.4 Å². The molecule has 0 aromatic heterocycles. The van der Waals surface area contributed by atoms with Gasteiger partial charge in [-0.3, -0.25) is 4.99 Å². The van der Waals surface area contributed by atoms with Crippen LogP contribution in [0.25, 0.3) is 0 Å². The summed E-state index contributed by atoms with van der Waals surface area (Å²) in [6, 6.07) is -0.517. The fourth-order valence-corrected chi connectivity index (χ4v) is 1.03. The molecule has 1 unspecified atom stereocenters. The quantitative estimate of drug-likeness (QED) is 0.510. The molecule has 1 aliphatic heterocycles. The van der Waals surface area contributed by atoms with Gasteiger partial charge >= 0.3 is 5.97 Å². The van der Waals surface area contributed by atoms with Crippen molar-refractivity contribution >= 4 is 11.8 Å². The Labute approximate surface area is 70.9 Å². The average molecular weight is 171 g/mol. The summed E-state index contributed by atoms with van der Waals surface area (Å²) < 4.78 is 0. The van der Waals surface area contributed by atoms with E-state index in [1.54, 1.807) is 0 Å². The van der Waals surface area contributed by atoms with Crippen molar-refractivity contribution in [2.45, 2.75) is 12.5 Å². The van der Waals surface area contributed by atoms with E-state index in [1.165, 1.54) is 0 Å². The van der Waals surface area contributed by atoms with Gasteiger partial charge in [0.2, 0.25) is 0 Å². The lowest BCUT2D eigenvalue weighted by Gasteiger charge is -2.05. The van der Waals surface area contributed by atoms with E-state index < -0.39 is 12.0 Å². The van der Waals surface area contributed by atoms with E-state index in [1.807, 2.05) is 7.05 Å². The minimum Gasteiger partial charge on any atom is -0.480 e. The molecule has 3 N–H and O–H groups in total. The Morgan fingerprint density at radius 3 is 3.17 bits per heavy atom. The monoisotopic (exact) mass is 171 g/mol. The number of nitrogens with one attached hydrogen (secondary N) is 2. The number of amidine groups is 1. The SMILES string of the molecule is CNCCC1=NCC(C(=O)O)N1. The predicted octanol–water partition coefficient (Wildman–Crippen LogP) is -0.949. The number of aliphatic carboxylic acids is 1. The maximum atomic E-state index is 10.5. The van der Waals surface area contributed by atoms with Crippen LogP contribution < -0.4 is 10.6 Å². The fourth-order valence-electron chi connectivity index (χ4n) is 1.03. The van der Waals surface area contributed by atoms with Gasteiger partial charge in [-0.25, -0.2) is 4.79 Å². The molecule has 1 aliphatic rings. The number of hydrogen-bond acceptors (Lipinski definition) is 4. The number of carbonyl (C=O) groups is 1. The predicted molar refractivity (Wildman–Crippen MR) is 45.4 cm³/mol. The first-order valence-electron chi connectivity index (χ1n) is 3.91. The highest BCUT2D eigenvalue weighted by atomic mass is 16.4. The van der Waals surface area contributed by atoms with Crippen LogP contribution in [-0.4, -0.2) is 43.1 Å². The van der Waals surface area contributed by atoms with Gasteiger partial charge in [0.25, 0.3) is 0 Å². The summed E-state index contributed by atoms with van der Waals surface area (Å²) in [4.78, 5) is 14.5. The molecule has 0 bridgehead atoms. The van der Waals surface area contributed by atoms with Gasteiger partial charge in [0, 0.05) is 13.0 Å². The first-order chi connectivity index (χ1) is 5.74. The van der Waals surface area contributed by atoms with Crippen LogP contribution >= 0.6 is 0 Å². The zero-order valence-electron chi connectivity index (χ0n) is 7.00. The van der Waals surface area contributed by atoms with Crippen LogP contribution in [-0.2, 0) is 4.79 Å². The molecule has 1 heterocycles. The zero-order valence-corrected chi connectivity index (χ0v) is 7.00. The third-order valence-corrected chi connectivity index (χ3v) is 1.72. The van der Waals surface area contributed by atoms with Crippen molar-refractivity contribution in [1.82, 2.24) is 10.6 Å². The van der Waals surface area contributed by atoms with Crippen LogP contribution in [0.1, 0.15) is 6.42 Å². The lowest BCUT2D eigenvalue weighted by molar-refractivity contribution is -0.138. The zero-order chi connectivity index (χ0) is 8.97. The Hall–Kier alpha value is -1.10. The molecular formula is C7H13N3O2. The molecule has 5 nitrogen and oxygen atoms in total. The Bertz CT molecular complexity index is 203. The normalized spacial score (nSPS) is 21.8. The molecule has 0 saturated carbocycles. The molecule has 5 heteroatoms. The minimum atomic E-state index is -0.835. The van der Waals surface area contributed by atoms with Gasteiger partial charge in [0.15, 0.2) is 0 Å². The van der Waals surface area contributed by atoms with Crippen LogP contribution in [0.5, 0.6) is 0 Å². The Morgan fingerprint density at radius 2 is 2.67 bits per heavy atom. The molecule has 0 fully saturated rings. The molecule has 0 aromatic rings. The topological polar surface area (TPSA) is 73.7 Å². The molecule has 0 amide bonds. The van der Waals surface area contributed by atoms with Crippen molar-refractivity contribution in [1.29, 1.82) is 0 Å². The molecule has 0 spiro atoms. The Balaban J connectivity index is 2.28. The van der Waals surface area contributed by atoms with E-state index in [0.717, 1.165) is 18.8 Å². The second-order valence-corrected chi connectivity index (χ2v) is 2.68. The van der Waals surface area contributed by atoms with Crippen molar-refractivity contribution in [3.63, 3.8) is 0 Å². The van der Waals surface area contributed by atoms with E-state index >= 15 is 0 Å². The molecule has 0 aromatic carbocycles. The largest absolute Gasteiger partial charge is 0.480 e. The van der Waals surface area contributed by atoms with Gasteiger partial charge in [-0.2, -0.15) is 0 Å². The molecule has 0 saturated heterocycles. The highest BCUT2D eigenvalue weighted by Crippen LogP contribution is 1.98. The highest BCUT2D eigenvalue weighted by Gasteiger charge is 2.22. The van der Waals surface area contributed by atoms with E-state index in [4.69, 9.17) is 5.11 Å². The van der Waals surface area contributed by atoms with E-state index in [-0.39, 0.29) is 0 Å². The molecule has 1 rings (SSSR count).